The first-order chi connectivity index (χ1) is 12.5. The molecular formula is C19H23N3O4. The SMILES string of the molecule is Cc1cc(=O)[nH]c([C@@H]2CN(C(=O)c3c(C)oc4c3CCCC4)CCO2)n1. The van der Waals surface area contributed by atoms with Crippen molar-refractivity contribution >= 4 is 5.91 Å². The highest BCUT2D eigenvalue weighted by Crippen LogP contribution is 2.31. The summed E-state index contributed by atoms with van der Waals surface area (Å²) in [6.45, 7) is 4.93. The molecule has 1 atom stereocenters. The highest BCUT2D eigenvalue weighted by atomic mass is 16.5. The minimum absolute atomic E-state index is 0.0160. The van der Waals surface area contributed by atoms with Crippen molar-refractivity contribution < 1.29 is 13.9 Å². The number of aryl methyl sites for hydroxylation is 3. The summed E-state index contributed by atoms with van der Waals surface area (Å²) in [6, 6.07) is 1.44. The van der Waals surface area contributed by atoms with Gasteiger partial charge < -0.3 is 19.0 Å². The first-order valence-corrected chi connectivity index (χ1v) is 9.13. The summed E-state index contributed by atoms with van der Waals surface area (Å²) in [5, 5.41) is 0. The van der Waals surface area contributed by atoms with Gasteiger partial charge >= 0.3 is 0 Å². The van der Waals surface area contributed by atoms with Crippen molar-refractivity contribution in [3.8, 4) is 0 Å². The zero-order valence-electron chi connectivity index (χ0n) is 15.1. The molecule has 0 unspecified atom stereocenters. The molecule has 0 spiro atoms. The second-order valence-electron chi connectivity index (χ2n) is 7.02. The molecule has 4 rings (SSSR count). The van der Waals surface area contributed by atoms with Gasteiger partial charge in [-0.3, -0.25) is 9.59 Å². The first-order valence-electron chi connectivity index (χ1n) is 9.13. The van der Waals surface area contributed by atoms with Gasteiger partial charge in [0.25, 0.3) is 11.5 Å². The quantitative estimate of drug-likeness (QED) is 0.889. The predicted octanol–water partition coefficient (Wildman–Crippen LogP) is 2.07. The molecule has 26 heavy (non-hydrogen) atoms. The third kappa shape index (κ3) is 3.07. The van der Waals surface area contributed by atoms with Crippen LogP contribution in [0.15, 0.2) is 15.3 Å². The van der Waals surface area contributed by atoms with Crippen LogP contribution in [0.1, 0.15) is 57.9 Å². The third-order valence-corrected chi connectivity index (χ3v) is 5.11. The van der Waals surface area contributed by atoms with E-state index < -0.39 is 6.10 Å². The summed E-state index contributed by atoms with van der Waals surface area (Å²) in [5.41, 5.74) is 2.21. The number of furan rings is 1. The fourth-order valence-corrected chi connectivity index (χ4v) is 3.89. The Hall–Kier alpha value is -2.41. The summed E-state index contributed by atoms with van der Waals surface area (Å²) in [7, 11) is 0. The van der Waals surface area contributed by atoms with Crippen LogP contribution < -0.4 is 5.56 Å². The van der Waals surface area contributed by atoms with Crippen molar-refractivity contribution in [1.82, 2.24) is 14.9 Å². The molecule has 1 saturated heterocycles. The molecule has 7 heteroatoms. The smallest absolute Gasteiger partial charge is 0.257 e. The van der Waals surface area contributed by atoms with Crippen LogP contribution in [0, 0.1) is 13.8 Å². The van der Waals surface area contributed by atoms with Crippen molar-refractivity contribution in [2.24, 2.45) is 0 Å². The van der Waals surface area contributed by atoms with Gasteiger partial charge in [-0.2, -0.15) is 0 Å². The van der Waals surface area contributed by atoms with Gasteiger partial charge in [0.15, 0.2) is 0 Å². The fraction of sp³-hybridized carbons (Fsp3) is 0.526. The highest BCUT2D eigenvalue weighted by Gasteiger charge is 2.32. The number of ether oxygens (including phenoxy) is 1. The van der Waals surface area contributed by atoms with E-state index in [1.807, 2.05) is 6.92 Å². The Morgan fingerprint density at radius 3 is 2.92 bits per heavy atom. The molecule has 1 aliphatic carbocycles. The number of hydrogen-bond acceptors (Lipinski definition) is 5. The monoisotopic (exact) mass is 357 g/mol. The molecule has 0 bridgehead atoms. The second kappa shape index (κ2) is 6.72. The van der Waals surface area contributed by atoms with Gasteiger partial charge in [-0.05, 0) is 33.1 Å². The van der Waals surface area contributed by atoms with Crippen LogP contribution in [0.2, 0.25) is 0 Å². The molecule has 1 amide bonds. The lowest BCUT2D eigenvalue weighted by Crippen LogP contribution is -2.43. The number of aromatic nitrogens is 2. The molecule has 2 aromatic heterocycles. The predicted molar refractivity (Wildman–Crippen MR) is 94.3 cm³/mol. The molecule has 1 N–H and O–H groups in total. The molecule has 7 nitrogen and oxygen atoms in total. The number of hydrogen-bond donors (Lipinski definition) is 1. The maximum absolute atomic E-state index is 13.2. The second-order valence-corrected chi connectivity index (χ2v) is 7.02. The highest BCUT2D eigenvalue weighted by molar-refractivity contribution is 5.97. The lowest BCUT2D eigenvalue weighted by Gasteiger charge is -2.32. The van der Waals surface area contributed by atoms with Crippen LogP contribution in [0.5, 0.6) is 0 Å². The summed E-state index contributed by atoms with van der Waals surface area (Å²) in [5.74, 6) is 2.12. The van der Waals surface area contributed by atoms with Gasteiger partial charge in [-0.25, -0.2) is 4.98 Å². The number of H-pyrrole nitrogens is 1. The molecule has 2 aliphatic rings. The van der Waals surface area contributed by atoms with E-state index in [-0.39, 0.29) is 11.5 Å². The molecule has 138 valence electrons. The van der Waals surface area contributed by atoms with Crippen molar-refractivity contribution in [3.05, 3.63) is 50.6 Å². The van der Waals surface area contributed by atoms with Gasteiger partial charge in [0.1, 0.15) is 23.4 Å². The maximum atomic E-state index is 13.2. The molecule has 2 aromatic rings. The Labute approximate surface area is 151 Å². The van der Waals surface area contributed by atoms with E-state index in [1.54, 1.807) is 11.8 Å². The minimum atomic E-state index is -0.427. The van der Waals surface area contributed by atoms with E-state index >= 15 is 0 Å². The number of rotatable bonds is 2. The molecule has 0 aromatic carbocycles. The van der Waals surface area contributed by atoms with Gasteiger partial charge in [0.05, 0.1) is 18.7 Å². The average molecular weight is 357 g/mol. The van der Waals surface area contributed by atoms with Crippen molar-refractivity contribution in [2.75, 3.05) is 19.7 Å². The maximum Gasteiger partial charge on any atom is 0.257 e. The van der Waals surface area contributed by atoms with Gasteiger partial charge in [0, 0.05) is 30.3 Å². The van der Waals surface area contributed by atoms with Gasteiger partial charge in [-0.15, -0.1) is 0 Å². The number of nitrogens with one attached hydrogen (secondary N) is 1. The van der Waals surface area contributed by atoms with Crippen LogP contribution >= 0.6 is 0 Å². The lowest BCUT2D eigenvalue weighted by atomic mass is 9.94. The van der Waals surface area contributed by atoms with E-state index in [1.165, 1.54) is 6.07 Å². The third-order valence-electron chi connectivity index (χ3n) is 5.11. The summed E-state index contributed by atoms with van der Waals surface area (Å²) >= 11 is 0. The fourth-order valence-electron chi connectivity index (χ4n) is 3.89. The topological polar surface area (TPSA) is 88.4 Å². The van der Waals surface area contributed by atoms with Gasteiger partial charge in [0.2, 0.25) is 0 Å². The van der Waals surface area contributed by atoms with E-state index in [9.17, 15) is 9.59 Å². The summed E-state index contributed by atoms with van der Waals surface area (Å²) in [4.78, 5) is 33.8. The Morgan fingerprint density at radius 2 is 2.12 bits per heavy atom. The van der Waals surface area contributed by atoms with E-state index in [0.29, 0.717) is 42.5 Å². The van der Waals surface area contributed by atoms with Crippen LogP contribution in [-0.2, 0) is 17.6 Å². The minimum Gasteiger partial charge on any atom is -0.465 e. The van der Waals surface area contributed by atoms with Crippen LogP contribution in [0.4, 0.5) is 0 Å². The molecular weight excluding hydrogens is 334 g/mol. The molecule has 3 heterocycles. The summed E-state index contributed by atoms with van der Waals surface area (Å²) in [6.07, 6.45) is 3.58. The molecule has 0 saturated carbocycles. The summed E-state index contributed by atoms with van der Waals surface area (Å²) < 4.78 is 11.6. The average Bonchev–Trinajstić information content (AvgIpc) is 2.96. The van der Waals surface area contributed by atoms with Crippen molar-refractivity contribution in [1.29, 1.82) is 0 Å². The van der Waals surface area contributed by atoms with Crippen LogP contribution in [0.3, 0.4) is 0 Å². The van der Waals surface area contributed by atoms with Gasteiger partial charge in [-0.1, -0.05) is 0 Å². The van der Waals surface area contributed by atoms with Crippen LogP contribution in [-0.4, -0.2) is 40.5 Å². The van der Waals surface area contributed by atoms with Crippen molar-refractivity contribution in [2.45, 2.75) is 45.6 Å². The lowest BCUT2D eigenvalue weighted by molar-refractivity contribution is -0.0270. The number of carbonyl (C=O) groups excluding carboxylic acids is 1. The van der Waals surface area contributed by atoms with Crippen molar-refractivity contribution in [3.63, 3.8) is 0 Å². The number of morpholine rings is 1. The molecule has 1 fully saturated rings. The largest absolute Gasteiger partial charge is 0.465 e. The Morgan fingerprint density at radius 1 is 1.31 bits per heavy atom. The van der Waals surface area contributed by atoms with Crippen LogP contribution in [0.25, 0.3) is 0 Å². The number of carbonyl (C=O) groups is 1. The Kier molecular flexibility index (Phi) is 4.40. The number of nitrogens with zero attached hydrogens (tertiary/aromatic N) is 2. The normalized spacial score (nSPS) is 20.1. The molecule has 1 aliphatic heterocycles. The Bertz CT molecular complexity index is 899. The van der Waals surface area contributed by atoms with E-state index in [2.05, 4.69) is 9.97 Å². The number of fused-ring (bicyclic) bond motifs is 1. The van der Waals surface area contributed by atoms with E-state index in [4.69, 9.17) is 9.15 Å². The first kappa shape index (κ1) is 17.0. The van der Waals surface area contributed by atoms with E-state index in [0.717, 1.165) is 37.0 Å². The zero-order valence-corrected chi connectivity index (χ0v) is 15.1. The number of aromatic amines is 1. The zero-order chi connectivity index (χ0) is 18.3. The Balaban J connectivity index is 1.59. The molecule has 0 radical (unpaired) electrons. The number of amides is 1. The standard InChI is InChI=1S/C19H23N3O4/c1-11-9-16(23)21-18(20-11)15-10-22(7-8-25-15)19(24)17-12(2)26-14-6-4-3-5-13(14)17/h9,15H,3-8,10H2,1-2H3,(H,20,21,23)/t15-/m0/s1.